The Morgan fingerprint density at radius 2 is 1.60 bits per heavy atom. The molecule has 2 saturated carbocycles. The average Bonchev–Trinajstić information content (AvgIpc) is 3.35. The Hall–Kier alpha value is -0.810. The van der Waals surface area contributed by atoms with Crippen molar-refractivity contribution >= 4 is 6.02 Å². The topological polar surface area (TPSA) is 72.7 Å². The molecule has 0 aromatic carbocycles. The number of nitrogens with two attached hydrogens (primary N) is 1. The van der Waals surface area contributed by atoms with Crippen LogP contribution in [-0.2, 0) is 14.2 Å². The van der Waals surface area contributed by atoms with Crippen LogP contribution in [0.2, 0.25) is 0 Å². The molecule has 2 aliphatic carbocycles. The molecule has 2 aliphatic heterocycles. The van der Waals surface area contributed by atoms with E-state index in [1.54, 1.807) is 0 Å². The van der Waals surface area contributed by atoms with E-state index >= 15 is 0 Å². The first-order chi connectivity index (χ1) is 9.78. The van der Waals surface area contributed by atoms with Gasteiger partial charge >= 0.3 is 0 Å². The Balaban J connectivity index is 1.17. The Labute approximate surface area is 119 Å². The molecule has 2 saturated heterocycles. The highest BCUT2D eigenvalue weighted by molar-refractivity contribution is 5.71. The van der Waals surface area contributed by atoms with Gasteiger partial charge < -0.3 is 19.9 Å². The molecule has 5 heteroatoms. The van der Waals surface area contributed by atoms with Gasteiger partial charge in [0.15, 0.2) is 0 Å². The average molecular weight is 280 g/mol. The van der Waals surface area contributed by atoms with Gasteiger partial charge in [0.05, 0.1) is 31.0 Å². The number of hydrogen-bond donors (Lipinski definition) is 1. The summed E-state index contributed by atoms with van der Waals surface area (Å²) in [6.45, 7) is 1.48. The lowest BCUT2D eigenvalue weighted by atomic mass is 9.89. The quantitative estimate of drug-likeness (QED) is 0.480. The van der Waals surface area contributed by atoms with E-state index < -0.39 is 0 Å². The van der Waals surface area contributed by atoms with Gasteiger partial charge in [-0.15, -0.1) is 0 Å². The lowest BCUT2D eigenvalue weighted by Gasteiger charge is -2.19. The summed E-state index contributed by atoms with van der Waals surface area (Å²) < 4.78 is 16.7. The molecule has 112 valence electrons. The standard InChI is InChI=1S/C15H24N2O3/c16-15(17-7-9-1-3-11-13(5-9)19-11)18-8-10-2-4-12-14(6-10)20-12/h9-14H,1-8H2,(H2,16,17). The van der Waals surface area contributed by atoms with Crippen LogP contribution in [0, 0.1) is 11.8 Å². The van der Waals surface area contributed by atoms with Crippen molar-refractivity contribution < 1.29 is 14.2 Å². The highest BCUT2D eigenvalue weighted by Crippen LogP contribution is 2.40. The van der Waals surface area contributed by atoms with Crippen LogP contribution in [0.25, 0.3) is 0 Å². The summed E-state index contributed by atoms with van der Waals surface area (Å²) >= 11 is 0. The van der Waals surface area contributed by atoms with Crippen molar-refractivity contribution in [1.82, 2.24) is 0 Å². The summed E-state index contributed by atoms with van der Waals surface area (Å²) in [6.07, 6.45) is 9.17. The number of rotatable bonds is 4. The molecule has 0 aromatic heterocycles. The van der Waals surface area contributed by atoms with Gasteiger partial charge in [0.1, 0.15) is 0 Å². The molecule has 2 N–H and O–H groups in total. The smallest absolute Gasteiger partial charge is 0.281 e. The minimum absolute atomic E-state index is 0.364. The predicted octanol–water partition coefficient (Wildman–Crippen LogP) is 1.45. The summed E-state index contributed by atoms with van der Waals surface area (Å²) in [7, 11) is 0. The summed E-state index contributed by atoms with van der Waals surface area (Å²) in [5.41, 5.74) is 5.86. The Morgan fingerprint density at radius 3 is 2.30 bits per heavy atom. The normalized spacial score (nSPS) is 46.3. The molecule has 6 unspecified atom stereocenters. The van der Waals surface area contributed by atoms with Crippen molar-refractivity contribution in [3.8, 4) is 0 Å². The second kappa shape index (κ2) is 5.19. The number of nitrogens with zero attached hydrogens (tertiary/aromatic N) is 1. The lowest BCUT2D eigenvalue weighted by Crippen LogP contribution is -2.25. The molecule has 0 amide bonds. The van der Waals surface area contributed by atoms with Crippen molar-refractivity contribution in [3.05, 3.63) is 0 Å². The molecule has 4 fully saturated rings. The molecule has 0 radical (unpaired) electrons. The molecule has 5 nitrogen and oxygen atoms in total. The molecule has 0 aromatic rings. The minimum Gasteiger partial charge on any atom is -0.465 e. The second-order valence-electron chi connectivity index (χ2n) is 6.77. The van der Waals surface area contributed by atoms with E-state index in [9.17, 15) is 0 Å². The number of hydrogen-bond acceptors (Lipinski definition) is 4. The zero-order chi connectivity index (χ0) is 13.5. The van der Waals surface area contributed by atoms with Gasteiger partial charge in [0, 0.05) is 6.54 Å². The molecule has 0 spiro atoms. The molecular formula is C15H24N2O3. The van der Waals surface area contributed by atoms with Crippen LogP contribution in [0.5, 0.6) is 0 Å². The first kappa shape index (κ1) is 12.9. The molecule has 4 aliphatic rings. The first-order valence-corrected chi connectivity index (χ1v) is 8.01. The second-order valence-corrected chi connectivity index (χ2v) is 6.77. The summed E-state index contributed by atoms with van der Waals surface area (Å²) in [4.78, 5) is 4.40. The third kappa shape index (κ3) is 2.93. The fourth-order valence-corrected chi connectivity index (χ4v) is 3.76. The van der Waals surface area contributed by atoms with Crippen LogP contribution in [0.4, 0.5) is 0 Å². The number of epoxide rings is 2. The fourth-order valence-electron chi connectivity index (χ4n) is 3.76. The van der Waals surface area contributed by atoms with Gasteiger partial charge in [-0.25, -0.2) is 4.99 Å². The maximum atomic E-state index is 5.86. The Kier molecular flexibility index (Phi) is 3.34. The molecule has 0 bridgehead atoms. The Morgan fingerprint density at radius 1 is 0.950 bits per heavy atom. The van der Waals surface area contributed by atoms with E-state index in [1.807, 2.05) is 0 Å². The van der Waals surface area contributed by atoms with Crippen LogP contribution in [0.15, 0.2) is 4.99 Å². The van der Waals surface area contributed by atoms with E-state index in [4.69, 9.17) is 19.9 Å². The fraction of sp³-hybridized carbons (Fsp3) is 0.933. The summed E-state index contributed by atoms with van der Waals surface area (Å²) in [5, 5.41) is 0. The third-order valence-corrected chi connectivity index (χ3v) is 5.20. The molecule has 2 heterocycles. The zero-order valence-corrected chi connectivity index (χ0v) is 11.9. The largest absolute Gasteiger partial charge is 0.465 e. The van der Waals surface area contributed by atoms with Gasteiger partial charge in [-0.1, -0.05) is 0 Å². The van der Waals surface area contributed by atoms with Gasteiger partial charge in [-0.2, -0.15) is 0 Å². The van der Waals surface area contributed by atoms with E-state index in [-0.39, 0.29) is 0 Å². The van der Waals surface area contributed by atoms with E-state index in [1.165, 1.54) is 25.7 Å². The van der Waals surface area contributed by atoms with Crippen LogP contribution in [-0.4, -0.2) is 43.6 Å². The van der Waals surface area contributed by atoms with Crippen molar-refractivity contribution in [2.45, 2.75) is 62.9 Å². The maximum absolute atomic E-state index is 5.86. The van der Waals surface area contributed by atoms with Gasteiger partial charge in [-0.05, 0) is 50.4 Å². The summed E-state index contributed by atoms with van der Waals surface area (Å²) in [6, 6.07) is 0.364. The number of aliphatic imine (C=N–C) groups is 1. The molecule has 4 rings (SSSR count). The van der Waals surface area contributed by atoms with Gasteiger partial charge in [0.25, 0.3) is 6.02 Å². The van der Waals surface area contributed by atoms with E-state index in [0.717, 1.165) is 19.4 Å². The van der Waals surface area contributed by atoms with Crippen LogP contribution in [0.1, 0.15) is 38.5 Å². The number of fused-ring (bicyclic) bond motifs is 2. The zero-order valence-electron chi connectivity index (χ0n) is 11.9. The highest BCUT2D eigenvalue weighted by Gasteiger charge is 2.44. The molecule has 20 heavy (non-hydrogen) atoms. The SMILES string of the molecule is NC(=NCC1CCC2OC2C1)OCC1CCC2OC2C1. The van der Waals surface area contributed by atoms with Crippen molar-refractivity contribution in [2.75, 3.05) is 13.2 Å². The van der Waals surface area contributed by atoms with Crippen molar-refractivity contribution in [1.29, 1.82) is 0 Å². The van der Waals surface area contributed by atoms with Crippen molar-refractivity contribution in [2.24, 2.45) is 22.6 Å². The van der Waals surface area contributed by atoms with Gasteiger partial charge in [-0.3, -0.25) is 0 Å². The first-order valence-electron chi connectivity index (χ1n) is 8.01. The minimum atomic E-state index is 0.364. The lowest BCUT2D eigenvalue weighted by molar-refractivity contribution is 0.203. The number of ether oxygens (including phenoxy) is 3. The number of amidine groups is 1. The molecular weight excluding hydrogens is 256 g/mol. The van der Waals surface area contributed by atoms with Crippen molar-refractivity contribution in [3.63, 3.8) is 0 Å². The third-order valence-electron chi connectivity index (χ3n) is 5.20. The monoisotopic (exact) mass is 280 g/mol. The predicted molar refractivity (Wildman–Crippen MR) is 74.4 cm³/mol. The highest BCUT2D eigenvalue weighted by atomic mass is 16.6. The van der Waals surface area contributed by atoms with E-state index in [0.29, 0.717) is 48.9 Å². The maximum Gasteiger partial charge on any atom is 0.281 e. The Bertz CT molecular complexity index is 401. The van der Waals surface area contributed by atoms with Crippen LogP contribution >= 0.6 is 0 Å². The van der Waals surface area contributed by atoms with E-state index in [2.05, 4.69) is 4.99 Å². The van der Waals surface area contributed by atoms with Gasteiger partial charge in [0.2, 0.25) is 0 Å². The summed E-state index contributed by atoms with van der Waals surface area (Å²) in [5.74, 6) is 1.21. The van der Waals surface area contributed by atoms with Crippen LogP contribution < -0.4 is 5.73 Å². The molecule has 6 atom stereocenters. The van der Waals surface area contributed by atoms with Crippen LogP contribution in [0.3, 0.4) is 0 Å².